The molecule has 0 bridgehead atoms. The predicted octanol–water partition coefficient (Wildman–Crippen LogP) is 1.36. The highest BCUT2D eigenvalue weighted by molar-refractivity contribution is 5.50. The Morgan fingerprint density at radius 1 is 1.47 bits per heavy atom. The first-order valence-electron chi connectivity index (χ1n) is 5.94. The monoisotopic (exact) mass is 276 g/mol. The summed E-state index contributed by atoms with van der Waals surface area (Å²) in [7, 11) is 1.51. The smallest absolute Gasteiger partial charge is 0.396 e. The fourth-order valence-electron chi connectivity index (χ4n) is 2.04. The Bertz CT molecular complexity index is 452. The third-order valence-electron chi connectivity index (χ3n) is 3.09. The third-order valence-corrected chi connectivity index (χ3v) is 3.09. The number of halogens is 3. The summed E-state index contributed by atoms with van der Waals surface area (Å²) in [6.07, 6.45) is -3.82. The molecule has 1 unspecified atom stereocenters. The van der Waals surface area contributed by atoms with Crippen LogP contribution in [0.3, 0.4) is 0 Å². The van der Waals surface area contributed by atoms with Crippen molar-refractivity contribution in [1.82, 2.24) is 9.97 Å². The summed E-state index contributed by atoms with van der Waals surface area (Å²) < 4.78 is 38.1. The van der Waals surface area contributed by atoms with E-state index in [2.05, 4.69) is 15.3 Å². The summed E-state index contributed by atoms with van der Waals surface area (Å²) in [5.41, 5.74) is 0. The van der Waals surface area contributed by atoms with Crippen LogP contribution in [0.4, 0.5) is 24.8 Å². The van der Waals surface area contributed by atoms with Gasteiger partial charge in [0, 0.05) is 38.7 Å². The van der Waals surface area contributed by atoms with Crippen LogP contribution in [0.15, 0.2) is 6.07 Å². The molecule has 0 spiro atoms. The number of aliphatic hydroxyl groups excluding tert-OH is 1. The Labute approximate surface area is 108 Å². The van der Waals surface area contributed by atoms with Crippen molar-refractivity contribution in [2.24, 2.45) is 5.92 Å². The molecule has 0 aromatic carbocycles. The van der Waals surface area contributed by atoms with Gasteiger partial charge in [-0.05, 0) is 6.42 Å². The van der Waals surface area contributed by atoms with Crippen molar-refractivity contribution in [3.05, 3.63) is 11.9 Å². The highest BCUT2D eigenvalue weighted by atomic mass is 19.4. The van der Waals surface area contributed by atoms with Crippen LogP contribution in [0.1, 0.15) is 12.2 Å². The second-order valence-electron chi connectivity index (χ2n) is 4.47. The Morgan fingerprint density at radius 3 is 2.74 bits per heavy atom. The third kappa shape index (κ3) is 3.06. The van der Waals surface area contributed by atoms with Gasteiger partial charge in [0.15, 0.2) is 0 Å². The van der Waals surface area contributed by atoms with Crippen LogP contribution in [-0.2, 0) is 6.18 Å². The molecule has 1 aliphatic heterocycles. The lowest BCUT2D eigenvalue weighted by Crippen LogP contribution is -2.24. The van der Waals surface area contributed by atoms with Gasteiger partial charge in [0.1, 0.15) is 11.6 Å². The highest BCUT2D eigenvalue weighted by Gasteiger charge is 2.36. The number of aliphatic hydroxyl groups is 1. The van der Waals surface area contributed by atoms with Gasteiger partial charge in [-0.1, -0.05) is 0 Å². The standard InChI is InChI=1S/C11H15F3N4O/c1-15-8-4-9(17-10(16-8)11(12,13)14)18-3-2-7(5-18)6-19/h4,7,19H,2-3,5-6H2,1H3,(H,15,16,17). The van der Waals surface area contributed by atoms with Gasteiger partial charge in [0.05, 0.1) is 0 Å². The minimum atomic E-state index is -4.57. The van der Waals surface area contributed by atoms with Crippen LogP contribution >= 0.6 is 0 Å². The van der Waals surface area contributed by atoms with Gasteiger partial charge in [0.2, 0.25) is 5.82 Å². The fourth-order valence-corrected chi connectivity index (χ4v) is 2.04. The average molecular weight is 276 g/mol. The number of anilines is 2. The van der Waals surface area contributed by atoms with Gasteiger partial charge in [-0.3, -0.25) is 0 Å². The molecule has 0 radical (unpaired) electrons. The van der Waals surface area contributed by atoms with Crippen molar-refractivity contribution >= 4 is 11.6 Å². The Balaban J connectivity index is 2.30. The summed E-state index contributed by atoms with van der Waals surface area (Å²) in [4.78, 5) is 8.72. The highest BCUT2D eigenvalue weighted by Crippen LogP contribution is 2.30. The molecule has 19 heavy (non-hydrogen) atoms. The molecule has 0 aliphatic carbocycles. The summed E-state index contributed by atoms with van der Waals surface area (Å²) >= 11 is 0. The van der Waals surface area contributed by atoms with Crippen molar-refractivity contribution in [2.45, 2.75) is 12.6 Å². The first-order valence-corrected chi connectivity index (χ1v) is 5.94. The van der Waals surface area contributed by atoms with E-state index in [4.69, 9.17) is 5.11 Å². The molecule has 106 valence electrons. The average Bonchev–Trinajstić information content (AvgIpc) is 2.86. The topological polar surface area (TPSA) is 61.3 Å². The zero-order chi connectivity index (χ0) is 14.0. The maximum Gasteiger partial charge on any atom is 0.451 e. The predicted molar refractivity (Wildman–Crippen MR) is 64.0 cm³/mol. The molecule has 8 heteroatoms. The maximum atomic E-state index is 12.7. The number of nitrogens with one attached hydrogen (secondary N) is 1. The molecular formula is C11H15F3N4O. The number of aromatic nitrogens is 2. The van der Waals surface area contributed by atoms with Gasteiger partial charge in [-0.15, -0.1) is 0 Å². The van der Waals surface area contributed by atoms with E-state index in [9.17, 15) is 13.2 Å². The molecule has 1 atom stereocenters. The molecule has 1 saturated heterocycles. The zero-order valence-electron chi connectivity index (χ0n) is 10.4. The summed E-state index contributed by atoms with van der Waals surface area (Å²) in [5.74, 6) is -0.698. The normalized spacial score (nSPS) is 19.8. The molecule has 0 amide bonds. The van der Waals surface area contributed by atoms with E-state index in [0.717, 1.165) is 6.42 Å². The number of nitrogens with zero attached hydrogens (tertiary/aromatic N) is 3. The first-order chi connectivity index (χ1) is 8.94. The van der Waals surface area contributed by atoms with Crippen molar-refractivity contribution in [1.29, 1.82) is 0 Å². The molecule has 1 aromatic heterocycles. The quantitative estimate of drug-likeness (QED) is 0.872. The summed E-state index contributed by atoms with van der Waals surface area (Å²) in [5, 5.41) is 11.7. The van der Waals surface area contributed by atoms with E-state index in [1.807, 2.05) is 0 Å². The van der Waals surface area contributed by atoms with E-state index in [0.29, 0.717) is 13.1 Å². The maximum absolute atomic E-state index is 12.7. The largest absolute Gasteiger partial charge is 0.451 e. The number of rotatable bonds is 3. The lowest BCUT2D eigenvalue weighted by molar-refractivity contribution is -0.144. The lowest BCUT2D eigenvalue weighted by Gasteiger charge is -2.19. The molecule has 0 saturated carbocycles. The van der Waals surface area contributed by atoms with Crippen LogP contribution in [0.5, 0.6) is 0 Å². The van der Waals surface area contributed by atoms with Crippen molar-refractivity contribution in [2.75, 3.05) is 37.0 Å². The SMILES string of the molecule is CNc1cc(N2CCC(CO)C2)nc(C(F)(F)F)n1. The van der Waals surface area contributed by atoms with Crippen LogP contribution in [-0.4, -0.2) is 41.8 Å². The minimum Gasteiger partial charge on any atom is -0.396 e. The van der Waals surface area contributed by atoms with Crippen LogP contribution in [0.25, 0.3) is 0 Å². The van der Waals surface area contributed by atoms with Crippen LogP contribution in [0.2, 0.25) is 0 Å². The molecule has 1 aliphatic rings. The van der Waals surface area contributed by atoms with E-state index in [-0.39, 0.29) is 24.2 Å². The van der Waals surface area contributed by atoms with E-state index < -0.39 is 12.0 Å². The fraction of sp³-hybridized carbons (Fsp3) is 0.636. The van der Waals surface area contributed by atoms with Gasteiger partial charge >= 0.3 is 6.18 Å². The molecule has 1 aromatic rings. The van der Waals surface area contributed by atoms with E-state index >= 15 is 0 Å². The van der Waals surface area contributed by atoms with Crippen molar-refractivity contribution < 1.29 is 18.3 Å². The Morgan fingerprint density at radius 2 is 2.21 bits per heavy atom. The number of hydrogen-bond donors (Lipinski definition) is 2. The van der Waals surface area contributed by atoms with Crippen molar-refractivity contribution in [3.63, 3.8) is 0 Å². The second-order valence-corrected chi connectivity index (χ2v) is 4.47. The molecule has 1 fully saturated rings. The van der Waals surface area contributed by atoms with Crippen molar-refractivity contribution in [3.8, 4) is 0 Å². The van der Waals surface area contributed by atoms with Gasteiger partial charge in [0.25, 0.3) is 0 Å². The molecule has 2 N–H and O–H groups in total. The van der Waals surface area contributed by atoms with Gasteiger partial charge in [-0.2, -0.15) is 13.2 Å². The molecule has 2 heterocycles. The van der Waals surface area contributed by atoms with E-state index in [1.165, 1.54) is 13.1 Å². The Kier molecular flexibility index (Phi) is 3.79. The molecule has 5 nitrogen and oxygen atoms in total. The van der Waals surface area contributed by atoms with Crippen LogP contribution < -0.4 is 10.2 Å². The van der Waals surface area contributed by atoms with E-state index in [1.54, 1.807) is 4.90 Å². The summed E-state index contributed by atoms with van der Waals surface area (Å²) in [6.45, 7) is 1.13. The Hall–Kier alpha value is -1.57. The van der Waals surface area contributed by atoms with Crippen LogP contribution in [0, 0.1) is 5.92 Å². The minimum absolute atomic E-state index is 0.0343. The summed E-state index contributed by atoms with van der Waals surface area (Å²) in [6, 6.07) is 1.48. The lowest BCUT2D eigenvalue weighted by atomic mass is 10.1. The first kappa shape index (κ1) is 13.9. The number of hydrogen-bond acceptors (Lipinski definition) is 5. The zero-order valence-corrected chi connectivity index (χ0v) is 10.4. The molecule has 2 rings (SSSR count). The number of alkyl halides is 3. The second kappa shape index (κ2) is 5.20. The van der Waals surface area contributed by atoms with Gasteiger partial charge in [-0.25, -0.2) is 9.97 Å². The molecular weight excluding hydrogens is 261 g/mol. The van der Waals surface area contributed by atoms with Gasteiger partial charge < -0.3 is 15.3 Å².